The number of rotatable bonds is 13. The Labute approximate surface area is 233 Å². The molecule has 1 atom stereocenters. The number of anilines is 1. The number of benzene rings is 4. The van der Waals surface area contributed by atoms with Gasteiger partial charge in [-0.2, -0.15) is 0 Å². The quantitative estimate of drug-likeness (QED) is 0.210. The Balaban J connectivity index is 1.44. The van der Waals surface area contributed by atoms with E-state index in [1.165, 1.54) is 0 Å². The van der Waals surface area contributed by atoms with Crippen LogP contribution in [0.1, 0.15) is 27.0 Å². The molecule has 0 aliphatic heterocycles. The number of aliphatic carboxylic acids is 1. The van der Waals surface area contributed by atoms with Gasteiger partial charge < -0.3 is 29.4 Å². The van der Waals surface area contributed by atoms with Gasteiger partial charge in [0, 0.05) is 34.9 Å². The number of hydrogen-bond acceptors (Lipinski definition) is 7. The van der Waals surface area contributed by atoms with Crippen LogP contribution < -0.4 is 24.3 Å². The van der Waals surface area contributed by atoms with Crippen LogP contribution in [0.3, 0.4) is 0 Å². The molecular weight excluding hydrogens is 510 g/mol. The average Bonchev–Trinajstić information content (AvgIpc) is 3.00. The normalized spacial score (nSPS) is 11.3. The fourth-order valence-electron chi connectivity index (χ4n) is 4.26. The highest BCUT2D eigenvalue weighted by Gasteiger charge is 2.21. The van der Waals surface area contributed by atoms with Crippen LogP contribution >= 0.6 is 0 Å². The minimum atomic E-state index is -1.03. The molecular formula is C32H31NO7. The van der Waals surface area contributed by atoms with Crippen molar-refractivity contribution in [3.8, 4) is 23.0 Å². The van der Waals surface area contributed by atoms with Gasteiger partial charge in [-0.15, -0.1) is 0 Å². The number of carboxylic acid groups (broad SMARTS) is 1. The molecule has 4 aromatic carbocycles. The highest BCUT2D eigenvalue weighted by atomic mass is 16.5. The highest BCUT2D eigenvalue weighted by molar-refractivity contribution is 6.12. The Morgan fingerprint density at radius 3 is 2.05 bits per heavy atom. The second-order valence-corrected chi connectivity index (χ2v) is 8.93. The SMILES string of the molecule is COc1cc(OC)c(OC)cc1COc1ccc(CC(Nc2ccccc2C(=O)c2ccccc2)C(=O)O)cc1. The molecule has 0 amide bonds. The summed E-state index contributed by atoms with van der Waals surface area (Å²) in [5.74, 6) is 1.13. The van der Waals surface area contributed by atoms with Crippen LogP contribution in [0.15, 0.2) is 91.0 Å². The topological polar surface area (TPSA) is 103 Å². The molecule has 0 aromatic heterocycles. The predicted octanol–water partition coefficient (Wildman–Crippen LogP) is 5.63. The summed E-state index contributed by atoms with van der Waals surface area (Å²) in [5.41, 5.74) is 2.98. The lowest BCUT2D eigenvalue weighted by atomic mass is 10.00. The predicted molar refractivity (Wildman–Crippen MR) is 152 cm³/mol. The smallest absolute Gasteiger partial charge is 0.326 e. The molecule has 0 fully saturated rings. The fourth-order valence-corrected chi connectivity index (χ4v) is 4.26. The summed E-state index contributed by atoms with van der Waals surface area (Å²) in [6, 6.07) is 25.6. The van der Waals surface area contributed by atoms with Gasteiger partial charge in [-0.3, -0.25) is 4.79 Å². The van der Waals surface area contributed by atoms with E-state index in [0.29, 0.717) is 39.8 Å². The van der Waals surface area contributed by atoms with Crippen molar-refractivity contribution in [1.29, 1.82) is 0 Å². The number of para-hydroxylation sites is 1. The molecule has 1 unspecified atom stereocenters. The molecule has 0 bridgehead atoms. The monoisotopic (exact) mass is 541 g/mol. The van der Waals surface area contributed by atoms with Crippen molar-refractivity contribution in [3.05, 3.63) is 113 Å². The summed E-state index contributed by atoms with van der Waals surface area (Å²) in [5, 5.41) is 13.0. The first-order valence-electron chi connectivity index (χ1n) is 12.6. The zero-order valence-corrected chi connectivity index (χ0v) is 22.5. The second-order valence-electron chi connectivity index (χ2n) is 8.93. The van der Waals surface area contributed by atoms with Gasteiger partial charge in [0.25, 0.3) is 0 Å². The maximum Gasteiger partial charge on any atom is 0.326 e. The van der Waals surface area contributed by atoms with Gasteiger partial charge in [-0.25, -0.2) is 4.79 Å². The molecule has 8 nitrogen and oxygen atoms in total. The minimum absolute atomic E-state index is 0.180. The number of carbonyl (C=O) groups is 2. The number of carbonyl (C=O) groups excluding carboxylic acids is 1. The first-order valence-corrected chi connectivity index (χ1v) is 12.6. The van der Waals surface area contributed by atoms with Gasteiger partial charge in [0.1, 0.15) is 24.1 Å². The van der Waals surface area contributed by atoms with Crippen LogP contribution in [-0.4, -0.2) is 44.2 Å². The molecule has 0 aliphatic rings. The van der Waals surface area contributed by atoms with Gasteiger partial charge in [0.15, 0.2) is 17.3 Å². The summed E-state index contributed by atoms with van der Waals surface area (Å²) < 4.78 is 22.1. The average molecular weight is 542 g/mol. The van der Waals surface area contributed by atoms with E-state index in [4.69, 9.17) is 18.9 Å². The molecule has 4 rings (SSSR count). The van der Waals surface area contributed by atoms with E-state index in [9.17, 15) is 14.7 Å². The number of carboxylic acids is 1. The van der Waals surface area contributed by atoms with Gasteiger partial charge in [0.2, 0.25) is 0 Å². The van der Waals surface area contributed by atoms with Gasteiger partial charge in [-0.05, 0) is 35.9 Å². The van der Waals surface area contributed by atoms with E-state index in [1.54, 1.807) is 94.1 Å². The van der Waals surface area contributed by atoms with Crippen LogP contribution in [0, 0.1) is 0 Å². The number of hydrogen-bond donors (Lipinski definition) is 2. The summed E-state index contributed by atoms with van der Waals surface area (Å²) in [4.78, 5) is 25.2. The van der Waals surface area contributed by atoms with E-state index in [0.717, 1.165) is 11.1 Å². The van der Waals surface area contributed by atoms with E-state index < -0.39 is 12.0 Å². The van der Waals surface area contributed by atoms with E-state index in [2.05, 4.69) is 5.32 Å². The van der Waals surface area contributed by atoms with E-state index >= 15 is 0 Å². The molecule has 206 valence electrons. The Morgan fingerprint density at radius 1 is 0.775 bits per heavy atom. The van der Waals surface area contributed by atoms with Crippen molar-refractivity contribution in [1.82, 2.24) is 0 Å². The largest absolute Gasteiger partial charge is 0.496 e. The Kier molecular flexibility index (Phi) is 9.25. The van der Waals surface area contributed by atoms with Crippen molar-refractivity contribution < 1.29 is 33.6 Å². The maximum absolute atomic E-state index is 13.1. The standard InChI is InChI=1S/C32H31NO7/c1-37-28-19-30(39-3)29(38-2)18-23(28)20-40-24-15-13-21(14-16-24)17-27(32(35)36)33-26-12-8-7-11-25(26)31(34)22-9-5-4-6-10-22/h4-16,18-19,27,33H,17,20H2,1-3H3,(H,35,36). The van der Waals surface area contributed by atoms with Crippen molar-refractivity contribution in [3.63, 3.8) is 0 Å². The number of ether oxygens (including phenoxy) is 4. The molecule has 0 radical (unpaired) electrons. The molecule has 0 spiro atoms. The second kappa shape index (κ2) is 13.2. The van der Waals surface area contributed by atoms with Crippen molar-refractivity contribution in [2.75, 3.05) is 26.6 Å². The zero-order chi connectivity index (χ0) is 28.5. The van der Waals surface area contributed by atoms with Gasteiger partial charge >= 0.3 is 5.97 Å². The van der Waals surface area contributed by atoms with Crippen LogP contribution in [0.5, 0.6) is 23.0 Å². The molecule has 0 aliphatic carbocycles. The van der Waals surface area contributed by atoms with Crippen molar-refractivity contribution in [2.45, 2.75) is 19.1 Å². The molecule has 4 aromatic rings. The fraction of sp³-hybridized carbons (Fsp3) is 0.188. The first kappa shape index (κ1) is 28.0. The van der Waals surface area contributed by atoms with E-state index in [-0.39, 0.29) is 18.8 Å². The Hall–Kier alpha value is -4.98. The van der Waals surface area contributed by atoms with Gasteiger partial charge in [0.05, 0.1) is 21.3 Å². The van der Waals surface area contributed by atoms with Crippen LogP contribution in [0.25, 0.3) is 0 Å². The summed E-state index contributed by atoms with van der Waals surface area (Å²) >= 11 is 0. The molecule has 8 heteroatoms. The molecule has 0 saturated heterocycles. The van der Waals surface area contributed by atoms with Crippen LogP contribution in [0.2, 0.25) is 0 Å². The van der Waals surface area contributed by atoms with E-state index in [1.807, 2.05) is 18.2 Å². The third kappa shape index (κ3) is 6.71. The first-order chi connectivity index (χ1) is 19.4. The third-order valence-electron chi connectivity index (χ3n) is 6.38. The highest BCUT2D eigenvalue weighted by Crippen LogP contribution is 2.35. The number of nitrogens with one attached hydrogen (secondary N) is 1. The van der Waals surface area contributed by atoms with Crippen LogP contribution in [-0.2, 0) is 17.8 Å². The van der Waals surface area contributed by atoms with Gasteiger partial charge in [-0.1, -0.05) is 54.6 Å². The summed E-state index contributed by atoms with van der Waals surface area (Å²) in [6.07, 6.45) is 0.201. The van der Waals surface area contributed by atoms with Crippen molar-refractivity contribution in [2.24, 2.45) is 0 Å². The third-order valence-corrected chi connectivity index (χ3v) is 6.38. The molecule has 0 saturated carbocycles. The lowest BCUT2D eigenvalue weighted by molar-refractivity contribution is -0.137. The minimum Gasteiger partial charge on any atom is -0.496 e. The maximum atomic E-state index is 13.1. The van der Waals surface area contributed by atoms with Crippen LogP contribution in [0.4, 0.5) is 5.69 Å². The Morgan fingerprint density at radius 2 is 1.40 bits per heavy atom. The molecule has 2 N–H and O–H groups in total. The Bertz CT molecular complexity index is 1450. The lowest BCUT2D eigenvalue weighted by Crippen LogP contribution is -2.32. The van der Waals surface area contributed by atoms with Crippen molar-refractivity contribution >= 4 is 17.4 Å². The molecule has 0 heterocycles. The number of ketones is 1. The lowest BCUT2D eigenvalue weighted by Gasteiger charge is -2.18. The number of methoxy groups -OCH3 is 3. The molecule has 40 heavy (non-hydrogen) atoms. The zero-order valence-electron chi connectivity index (χ0n) is 22.5. The summed E-state index contributed by atoms with van der Waals surface area (Å²) in [6.45, 7) is 0.231. The summed E-state index contributed by atoms with van der Waals surface area (Å²) in [7, 11) is 4.69.